The molecule has 4 aromatic rings. The molecule has 158 valence electrons. The van der Waals surface area contributed by atoms with Gasteiger partial charge in [0, 0.05) is 42.1 Å². The quantitative estimate of drug-likeness (QED) is 0.438. The highest BCUT2D eigenvalue weighted by atomic mass is 32.1. The summed E-state index contributed by atoms with van der Waals surface area (Å²) in [6, 6.07) is 13.2. The van der Waals surface area contributed by atoms with Crippen LogP contribution >= 0.6 is 11.3 Å². The van der Waals surface area contributed by atoms with Gasteiger partial charge < -0.3 is 16.2 Å². The molecule has 31 heavy (non-hydrogen) atoms. The standard InChI is InChI=1S/C24H25N5OS/c1-30-13-5-8-18-15-31-23-21(18)28-24(17-9-11-27-12-10-17)29-22(23)20(26)19(25)14-16-6-3-2-4-7-16/h2-12,15,19-20H,13-14,25-26H2,1H3/b8-5+. The average Bonchev–Trinajstić information content (AvgIpc) is 3.22. The Bertz CT molecular complexity index is 1160. The Balaban J connectivity index is 1.77. The van der Waals surface area contributed by atoms with Crippen molar-refractivity contribution in [2.45, 2.75) is 18.5 Å². The van der Waals surface area contributed by atoms with Crippen molar-refractivity contribution in [1.82, 2.24) is 15.0 Å². The lowest BCUT2D eigenvalue weighted by atomic mass is 9.98. The Morgan fingerprint density at radius 2 is 1.84 bits per heavy atom. The number of aromatic nitrogens is 3. The number of fused-ring (bicyclic) bond motifs is 1. The minimum Gasteiger partial charge on any atom is -0.381 e. The van der Waals surface area contributed by atoms with E-state index in [4.69, 9.17) is 26.2 Å². The molecular formula is C24H25N5OS. The van der Waals surface area contributed by atoms with Crippen molar-refractivity contribution in [1.29, 1.82) is 0 Å². The molecule has 0 saturated heterocycles. The maximum Gasteiger partial charge on any atom is 0.160 e. The lowest BCUT2D eigenvalue weighted by molar-refractivity contribution is 0.234. The number of nitrogens with zero attached hydrogens (tertiary/aromatic N) is 3. The van der Waals surface area contributed by atoms with Gasteiger partial charge in [0.2, 0.25) is 0 Å². The van der Waals surface area contributed by atoms with Gasteiger partial charge in [0.25, 0.3) is 0 Å². The van der Waals surface area contributed by atoms with Crippen LogP contribution in [-0.4, -0.2) is 34.7 Å². The Hall–Kier alpha value is -2.97. The number of thiophene rings is 1. The van der Waals surface area contributed by atoms with Crippen molar-refractivity contribution in [3.05, 3.63) is 83.1 Å². The van der Waals surface area contributed by atoms with Crippen LogP contribution in [-0.2, 0) is 11.2 Å². The molecule has 2 unspecified atom stereocenters. The molecular weight excluding hydrogens is 406 g/mol. The Labute approximate surface area is 185 Å². The Morgan fingerprint density at radius 1 is 1.06 bits per heavy atom. The van der Waals surface area contributed by atoms with Gasteiger partial charge in [0.05, 0.1) is 28.6 Å². The topological polar surface area (TPSA) is 99.9 Å². The number of rotatable bonds is 8. The van der Waals surface area contributed by atoms with Gasteiger partial charge in [0.15, 0.2) is 5.82 Å². The largest absolute Gasteiger partial charge is 0.381 e. The molecule has 1 aromatic carbocycles. The minimum atomic E-state index is -0.430. The summed E-state index contributed by atoms with van der Waals surface area (Å²) >= 11 is 1.59. The first-order chi connectivity index (χ1) is 15.2. The van der Waals surface area contributed by atoms with Gasteiger partial charge in [-0.3, -0.25) is 4.98 Å². The number of ether oxygens (including phenoxy) is 1. The molecule has 0 spiro atoms. The van der Waals surface area contributed by atoms with E-state index in [2.05, 4.69) is 22.5 Å². The summed E-state index contributed by atoms with van der Waals surface area (Å²) in [5.74, 6) is 0.618. The van der Waals surface area contributed by atoms with E-state index in [1.807, 2.05) is 42.5 Å². The minimum absolute atomic E-state index is 0.277. The van der Waals surface area contributed by atoms with Gasteiger partial charge in [-0.15, -0.1) is 11.3 Å². The van der Waals surface area contributed by atoms with Crippen molar-refractivity contribution >= 4 is 27.6 Å². The molecule has 4 rings (SSSR count). The summed E-state index contributed by atoms with van der Waals surface area (Å²) in [5.41, 5.74) is 17.9. The smallest absolute Gasteiger partial charge is 0.160 e. The third-order valence-electron chi connectivity index (χ3n) is 5.06. The molecule has 0 radical (unpaired) electrons. The zero-order chi connectivity index (χ0) is 21.6. The lowest BCUT2D eigenvalue weighted by Gasteiger charge is -2.20. The van der Waals surface area contributed by atoms with E-state index in [9.17, 15) is 0 Å². The predicted molar refractivity (Wildman–Crippen MR) is 127 cm³/mol. The zero-order valence-corrected chi connectivity index (χ0v) is 18.1. The second-order valence-electron chi connectivity index (χ2n) is 7.27. The third kappa shape index (κ3) is 4.86. The number of benzene rings is 1. The third-order valence-corrected chi connectivity index (χ3v) is 6.07. The number of methoxy groups -OCH3 is 1. The van der Waals surface area contributed by atoms with Gasteiger partial charge in [-0.1, -0.05) is 42.5 Å². The Kier molecular flexibility index (Phi) is 6.79. The van der Waals surface area contributed by atoms with Crippen molar-refractivity contribution < 1.29 is 4.74 Å². The molecule has 0 bridgehead atoms. The molecule has 0 amide bonds. The van der Waals surface area contributed by atoms with Crippen molar-refractivity contribution in [2.24, 2.45) is 11.5 Å². The van der Waals surface area contributed by atoms with E-state index in [-0.39, 0.29) is 6.04 Å². The summed E-state index contributed by atoms with van der Waals surface area (Å²) in [6.45, 7) is 0.536. The normalized spacial score (nSPS) is 13.6. The molecule has 0 aliphatic rings. The second kappa shape index (κ2) is 9.89. The van der Waals surface area contributed by atoms with Gasteiger partial charge in [-0.05, 0) is 24.1 Å². The number of hydrogen-bond acceptors (Lipinski definition) is 7. The van der Waals surface area contributed by atoms with Gasteiger partial charge >= 0.3 is 0 Å². The molecule has 7 heteroatoms. The molecule has 0 fully saturated rings. The van der Waals surface area contributed by atoms with Crippen molar-refractivity contribution in [2.75, 3.05) is 13.7 Å². The van der Waals surface area contributed by atoms with E-state index in [0.717, 1.165) is 32.6 Å². The highest BCUT2D eigenvalue weighted by Crippen LogP contribution is 2.33. The molecule has 6 nitrogen and oxygen atoms in total. The summed E-state index contributed by atoms with van der Waals surface area (Å²) in [7, 11) is 1.67. The van der Waals surface area contributed by atoms with Crippen LogP contribution in [0, 0.1) is 0 Å². The predicted octanol–water partition coefficient (Wildman–Crippen LogP) is 3.98. The SMILES string of the molecule is COC/C=C/c1csc2c(C(N)C(N)Cc3ccccc3)nc(-c3ccncc3)nc12. The number of hydrogen-bond donors (Lipinski definition) is 2. The van der Waals surface area contributed by atoms with Gasteiger partial charge in [-0.2, -0.15) is 0 Å². The van der Waals surface area contributed by atoms with E-state index in [1.54, 1.807) is 30.8 Å². The van der Waals surface area contributed by atoms with E-state index >= 15 is 0 Å². The number of pyridine rings is 1. The molecule has 0 aliphatic carbocycles. The molecule has 0 aliphatic heterocycles. The van der Waals surface area contributed by atoms with Gasteiger partial charge in [-0.25, -0.2) is 9.97 Å². The first-order valence-electron chi connectivity index (χ1n) is 10.1. The zero-order valence-electron chi connectivity index (χ0n) is 17.3. The van der Waals surface area contributed by atoms with E-state index in [1.165, 1.54) is 0 Å². The first kappa shape index (κ1) is 21.3. The summed E-state index contributed by atoms with van der Waals surface area (Å²) in [5, 5.41) is 2.07. The van der Waals surface area contributed by atoms with Crippen LogP contribution in [0.4, 0.5) is 0 Å². The average molecular weight is 432 g/mol. The van der Waals surface area contributed by atoms with E-state index < -0.39 is 6.04 Å². The summed E-state index contributed by atoms with van der Waals surface area (Å²) in [4.78, 5) is 13.8. The molecule has 3 aromatic heterocycles. The van der Waals surface area contributed by atoms with Crippen LogP contribution in [0.5, 0.6) is 0 Å². The summed E-state index contributed by atoms with van der Waals surface area (Å²) < 4.78 is 6.10. The molecule has 4 N–H and O–H groups in total. The van der Waals surface area contributed by atoms with Crippen LogP contribution in [0.25, 0.3) is 27.7 Å². The van der Waals surface area contributed by atoms with Crippen LogP contribution in [0.15, 0.2) is 66.3 Å². The molecule has 3 heterocycles. The fraction of sp³-hybridized carbons (Fsp3) is 0.208. The first-order valence-corrected chi connectivity index (χ1v) is 11.0. The fourth-order valence-electron chi connectivity index (χ4n) is 3.42. The van der Waals surface area contributed by atoms with Crippen molar-refractivity contribution in [3.8, 4) is 11.4 Å². The Morgan fingerprint density at radius 3 is 2.58 bits per heavy atom. The summed E-state index contributed by atoms with van der Waals surface area (Å²) in [6.07, 6.45) is 8.12. The highest BCUT2D eigenvalue weighted by molar-refractivity contribution is 7.17. The van der Waals surface area contributed by atoms with Crippen LogP contribution < -0.4 is 11.5 Å². The van der Waals surface area contributed by atoms with E-state index in [0.29, 0.717) is 18.9 Å². The van der Waals surface area contributed by atoms with Crippen molar-refractivity contribution in [3.63, 3.8) is 0 Å². The highest BCUT2D eigenvalue weighted by Gasteiger charge is 2.23. The molecule has 0 saturated carbocycles. The maximum absolute atomic E-state index is 6.67. The second-order valence-corrected chi connectivity index (χ2v) is 8.15. The van der Waals surface area contributed by atoms with Crippen LogP contribution in [0.3, 0.4) is 0 Å². The number of nitrogens with two attached hydrogens (primary N) is 2. The monoisotopic (exact) mass is 431 g/mol. The molecule has 2 atom stereocenters. The van der Waals surface area contributed by atoms with Crippen LogP contribution in [0.1, 0.15) is 22.9 Å². The van der Waals surface area contributed by atoms with Gasteiger partial charge in [0.1, 0.15) is 0 Å². The maximum atomic E-state index is 6.67. The van der Waals surface area contributed by atoms with Crippen LogP contribution in [0.2, 0.25) is 0 Å². The fourth-order valence-corrected chi connectivity index (χ4v) is 4.43. The lowest BCUT2D eigenvalue weighted by Crippen LogP contribution is -2.36.